The highest BCUT2D eigenvalue weighted by molar-refractivity contribution is 8.00. The van der Waals surface area contributed by atoms with Crippen molar-refractivity contribution in [3.63, 3.8) is 0 Å². The molecule has 3 nitrogen and oxygen atoms in total. The van der Waals surface area contributed by atoms with Crippen LogP contribution in [0.2, 0.25) is 0 Å². The number of esters is 1. The third kappa shape index (κ3) is 3.83. The molecule has 4 heteroatoms. The first-order chi connectivity index (χ1) is 7.27. The van der Waals surface area contributed by atoms with Crippen LogP contribution < -0.4 is 4.72 Å². The molecule has 0 aliphatic carbocycles. The monoisotopic (exact) mass is 225 g/mol. The van der Waals surface area contributed by atoms with Gasteiger partial charge in [-0.1, -0.05) is 24.9 Å². The minimum atomic E-state index is -0.275. The van der Waals surface area contributed by atoms with E-state index in [1.807, 2.05) is 12.1 Å². The summed E-state index contributed by atoms with van der Waals surface area (Å²) in [4.78, 5) is 11.4. The maximum atomic E-state index is 11.4. The highest BCUT2D eigenvalue weighted by Gasteiger charge is 2.05. The average Bonchev–Trinajstić information content (AvgIpc) is 2.27. The number of anilines is 1. The average molecular weight is 225 g/mol. The lowest BCUT2D eigenvalue weighted by Gasteiger charge is -2.06. The Hall–Kier alpha value is -1.16. The Labute approximate surface area is 94.3 Å². The van der Waals surface area contributed by atoms with E-state index in [1.54, 1.807) is 31.0 Å². The van der Waals surface area contributed by atoms with Crippen molar-refractivity contribution >= 4 is 23.6 Å². The lowest BCUT2D eigenvalue weighted by molar-refractivity contribution is 0.0526. The van der Waals surface area contributed by atoms with Gasteiger partial charge in [0.1, 0.15) is 0 Å². The Balaban J connectivity index is 2.69. The number of rotatable bonds is 5. The van der Waals surface area contributed by atoms with Gasteiger partial charge in [0.15, 0.2) is 0 Å². The molecule has 0 spiro atoms. The molecule has 0 heterocycles. The van der Waals surface area contributed by atoms with Gasteiger partial charge in [0.05, 0.1) is 12.2 Å². The lowest BCUT2D eigenvalue weighted by atomic mass is 10.2. The maximum Gasteiger partial charge on any atom is 0.338 e. The molecular formula is C11H15NO2S. The highest BCUT2D eigenvalue weighted by Crippen LogP contribution is 2.15. The van der Waals surface area contributed by atoms with Crippen LogP contribution in [0.3, 0.4) is 0 Å². The molecule has 82 valence electrons. The molecule has 1 N–H and O–H groups in total. The molecule has 0 aliphatic rings. The van der Waals surface area contributed by atoms with Crippen molar-refractivity contribution < 1.29 is 9.53 Å². The standard InChI is InChI=1S/C11H15NO2S/c1-3-14-11(13)9-6-5-7-10(8-9)12-15-4-2/h5-8,12H,3-4H2,1-2H3. The van der Waals surface area contributed by atoms with Gasteiger partial charge >= 0.3 is 5.97 Å². The maximum absolute atomic E-state index is 11.4. The van der Waals surface area contributed by atoms with E-state index in [0.717, 1.165) is 11.4 Å². The zero-order chi connectivity index (χ0) is 11.1. The summed E-state index contributed by atoms with van der Waals surface area (Å²) in [6.07, 6.45) is 0. The molecule has 0 aromatic heterocycles. The Morgan fingerprint density at radius 3 is 2.93 bits per heavy atom. The van der Waals surface area contributed by atoms with Crippen LogP contribution in [0.4, 0.5) is 5.69 Å². The fourth-order valence-electron chi connectivity index (χ4n) is 1.08. The van der Waals surface area contributed by atoms with E-state index in [1.165, 1.54) is 0 Å². The molecule has 0 saturated heterocycles. The number of nitrogens with one attached hydrogen (secondary N) is 1. The Kier molecular flexibility index (Phi) is 5.04. The van der Waals surface area contributed by atoms with Gasteiger partial charge in [-0.15, -0.1) is 0 Å². The van der Waals surface area contributed by atoms with Gasteiger partial charge in [-0.05, 0) is 25.1 Å². The zero-order valence-electron chi connectivity index (χ0n) is 8.95. The minimum absolute atomic E-state index is 0.275. The molecule has 15 heavy (non-hydrogen) atoms. The fourth-order valence-corrected chi connectivity index (χ4v) is 1.52. The first-order valence-electron chi connectivity index (χ1n) is 4.93. The van der Waals surface area contributed by atoms with E-state index in [9.17, 15) is 4.79 Å². The van der Waals surface area contributed by atoms with Gasteiger partial charge < -0.3 is 9.46 Å². The molecule has 0 radical (unpaired) electrons. The van der Waals surface area contributed by atoms with Crippen molar-refractivity contribution in [1.29, 1.82) is 0 Å². The summed E-state index contributed by atoms with van der Waals surface area (Å²) in [6, 6.07) is 7.30. The molecule has 0 unspecified atom stereocenters. The van der Waals surface area contributed by atoms with E-state index in [4.69, 9.17) is 4.74 Å². The van der Waals surface area contributed by atoms with Crippen LogP contribution in [0, 0.1) is 0 Å². The highest BCUT2D eigenvalue weighted by atomic mass is 32.2. The third-order valence-corrected chi connectivity index (χ3v) is 2.38. The van der Waals surface area contributed by atoms with Gasteiger partial charge in [0.2, 0.25) is 0 Å². The molecule has 0 aliphatic heterocycles. The van der Waals surface area contributed by atoms with Crippen molar-refractivity contribution in [3.05, 3.63) is 29.8 Å². The summed E-state index contributed by atoms with van der Waals surface area (Å²) in [7, 11) is 0. The van der Waals surface area contributed by atoms with Gasteiger partial charge in [-0.25, -0.2) is 4.79 Å². The molecular weight excluding hydrogens is 210 g/mol. The topological polar surface area (TPSA) is 38.3 Å². The van der Waals surface area contributed by atoms with Crippen LogP contribution in [0.5, 0.6) is 0 Å². The summed E-state index contributed by atoms with van der Waals surface area (Å²) < 4.78 is 8.05. The predicted octanol–water partition coefficient (Wildman–Crippen LogP) is 2.94. The van der Waals surface area contributed by atoms with E-state index in [-0.39, 0.29) is 5.97 Å². The molecule has 0 fully saturated rings. The molecule has 0 bridgehead atoms. The van der Waals surface area contributed by atoms with E-state index in [2.05, 4.69) is 11.6 Å². The van der Waals surface area contributed by atoms with Crippen molar-refractivity contribution in [2.45, 2.75) is 13.8 Å². The molecule has 0 atom stereocenters. The van der Waals surface area contributed by atoms with Crippen LogP contribution in [0.25, 0.3) is 0 Å². The second kappa shape index (κ2) is 6.35. The number of carbonyl (C=O) groups is 1. The number of ether oxygens (including phenoxy) is 1. The first kappa shape index (κ1) is 11.9. The number of benzene rings is 1. The largest absolute Gasteiger partial charge is 0.462 e. The van der Waals surface area contributed by atoms with Gasteiger partial charge in [-0.3, -0.25) is 0 Å². The summed E-state index contributed by atoms with van der Waals surface area (Å²) >= 11 is 1.59. The van der Waals surface area contributed by atoms with Crippen molar-refractivity contribution in [2.75, 3.05) is 17.1 Å². The fraction of sp³-hybridized carbons (Fsp3) is 0.364. The van der Waals surface area contributed by atoms with Crippen LogP contribution >= 0.6 is 11.9 Å². The van der Waals surface area contributed by atoms with Crippen LogP contribution in [-0.4, -0.2) is 18.3 Å². The lowest BCUT2D eigenvalue weighted by Crippen LogP contribution is -2.04. The molecule has 0 saturated carbocycles. The summed E-state index contributed by atoms with van der Waals surface area (Å²) in [5.74, 6) is 0.701. The Bertz CT molecular complexity index is 328. The smallest absolute Gasteiger partial charge is 0.338 e. The van der Waals surface area contributed by atoms with E-state index < -0.39 is 0 Å². The van der Waals surface area contributed by atoms with Crippen molar-refractivity contribution in [2.24, 2.45) is 0 Å². The summed E-state index contributed by atoms with van der Waals surface area (Å²) in [5.41, 5.74) is 1.51. The Morgan fingerprint density at radius 1 is 1.47 bits per heavy atom. The summed E-state index contributed by atoms with van der Waals surface area (Å²) in [6.45, 7) is 4.26. The van der Waals surface area contributed by atoms with E-state index >= 15 is 0 Å². The van der Waals surface area contributed by atoms with Gasteiger partial charge in [0, 0.05) is 11.4 Å². The second-order valence-electron chi connectivity index (χ2n) is 2.84. The van der Waals surface area contributed by atoms with E-state index in [0.29, 0.717) is 12.2 Å². The molecule has 1 aromatic rings. The minimum Gasteiger partial charge on any atom is -0.462 e. The number of hydrogen-bond donors (Lipinski definition) is 1. The van der Waals surface area contributed by atoms with Gasteiger partial charge in [-0.2, -0.15) is 0 Å². The molecule has 1 rings (SSSR count). The second-order valence-corrected chi connectivity index (χ2v) is 3.91. The Morgan fingerprint density at radius 2 is 2.27 bits per heavy atom. The van der Waals surface area contributed by atoms with Crippen LogP contribution in [-0.2, 0) is 4.74 Å². The number of hydrogen-bond acceptors (Lipinski definition) is 4. The normalized spacial score (nSPS) is 9.73. The molecule has 0 amide bonds. The number of carbonyl (C=O) groups excluding carboxylic acids is 1. The van der Waals surface area contributed by atoms with Crippen molar-refractivity contribution in [1.82, 2.24) is 0 Å². The first-order valence-corrected chi connectivity index (χ1v) is 5.91. The third-order valence-electron chi connectivity index (χ3n) is 1.71. The molecule has 1 aromatic carbocycles. The van der Waals surface area contributed by atoms with Crippen LogP contribution in [0.1, 0.15) is 24.2 Å². The zero-order valence-corrected chi connectivity index (χ0v) is 9.76. The summed E-state index contributed by atoms with van der Waals surface area (Å²) in [5, 5.41) is 0. The quantitative estimate of drug-likeness (QED) is 0.617. The van der Waals surface area contributed by atoms with Gasteiger partial charge in [0.25, 0.3) is 0 Å². The van der Waals surface area contributed by atoms with Crippen molar-refractivity contribution in [3.8, 4) is 0 Å². The SMILES string of the molecule is CCOC(=O)c1cccc(NSCC)c1. The van der Waals surface area contributed by atoms with Crippen LogP contribution in [0.15, 0.2) is 24.3 Å². The predicted molar refractivity (Wildman–Crippen MR) is 64.2 cm³/mol.